The number of aliphatic carboxylic acids is 1. The fraction of sp³-hybridized carbons (Fsp3) is 0.467. The van der Waals surface area contributed by atoms with E-state index in [1.54, 1.807) is 23.9 Å². The van der Waals surface area contributed by atoms with Crippen molar-refractivity contribution in [2.45, 2.75) is 19.8 Å². The topological polar surface area (TPSA) is 78.4 Å². The molecule has 3 N–H and O–H groups in total. The van der Waals surface area contributed by atoms with Crippen molar-refractivity contribution in [2.75, 3.05) is 23.9 Å². The van der Waals surface area contributed by atoms with Crippen molar-refractivity contribution in [1.29, 1.82) is 0 Å². The summed E-state index contributed by atoms with van der Waals surface area (Å²) in [5, 5.41) is 14.3. The third kappa shape index (κ3) is 7.60. The number of carbonyl (C=O) groups is 2. The molecule has 1 rings (SSSR count). The molecular weight excluding hydrogens is 288 g/mol. The minimum absolute atomic E-state index is 0.0852. The highest BCUT2D eigenvalue weighted by molar-refractivity contribution is 7.98. The second-order valence-corrected chi connectivity index (χ2v) is 5.90. The summed E-state index contributed by atoms with van der Waals surface area (Å²) in [6, 6.07) is 7.01. The zero-order valence-corrected chi connectivity index (χ0v) is 13.2. The van der Waals surface area contributed by atoms with E-state index in [-0.39, 0.29) is 12.5 Å². The summed E-state index contributed by atoms with van der Waals surface area (Å²) in [7, 11) is 0. The summed E-state index contributed by atoms with van der Waals surface area (Å²) >= 11 is 1.76. The highest BCUT2D eigenvalue weighted by Crippen LogP contribution is 2.12. The molecule has 0 aliphatic carbocycles. The van der Waals surface area contributed by atoms with Gasteiger partial charge >= 0.3 is 12.0 Å². The molecule has 21 heavy (non-hydrogen) atoms. The van der Waals surface area contributed by atoms with Gasteiger partial charge in [0.25, 0.3) is 0 Å². The Bertz CT molecular complexity index is 480. The molecule has 1 unspecified atom stereocenters. The number of anilines is 1. The predicted molar refractivity (Wildman–Crippen MR) is 87.0 cm³/mol. The van der Waals surface area contributed by atoms with Crippen LogP contribution in [0.4, 0.5) is 10.5 Å². The Labute approximate surface area is 129 Å². The number of urea groups is 1. The maximum absolute atomic E-state index is 11.8. The van der Waals surface area contributed by atoms with Gasteiger partial charge in [-0.05, 0) is 42.0 Å². The Morgan fingerprint density at radius 3 is 2.81 bits per heavy atom. The zero-order valence-electron chi connectivity index (χ0n) is 12.4. The number of aryl methyl sites for hydroxylation is 1. The van der Waals surface area contributed by atoms with Crippen LogP contribution in [0, 0.1) is 5.92 Å². The van der Waals surface area contributed by atoms with Gasteiger partial charge in [-0.3, -0.25) is 4.79 Å². The first-order valence-electron chi connectivity index (χ1n) is 6.85. The van der Waals surface area contributed by atoms with E-state index in [9.17, 15) is 9.59 Å². The van der Waals surface area contributed by atoms with E-state index in [0.717, 1.165) is 11.3 Å². The molecular formula is C15H22N2O3S. The first kappa shape index (κ1) is 17.4. The van der Waals surface area contributed by atoms with Crippen LogP contribution in [-0.4, -0.2) is 35.7 Å². The largest absolute Gasteiger partial charge is 0.481 e. The minimum Gasteiger partial charge on any atom is -0.481 e. The second kappa shape index (κ2) is 9.28. The Morgan fingerprint density at radius 2 is 2.14 bits per heavy atom. The average molecular weight is 310 g/mol. The van der Waals surface area contributed by atoms with E-state index < -0.39 is 5.97 Å². The minimum atomic E-state index is -0.825. The molecule has 0 bridgehead atoms. The number of hydrogen-bond donors (Lipinski definition) is 3. The SMILES string of the molecule is CSCC(C)CNC(=O)Nc1cccc(CCC(=O)O)c1. The average Bonchev–Trinajstić information content (AvgIpc) is 2.44. The number of carbonyl (C=O) groups excluding carboxylic acids is 1. The molecule has 6 heteroatoms. The van der Waals surface area contributed by atoms with Crippen LogP contribution >= 0.6 is 11.8 Å². The molecule has 0 spiro atoms. The van der Waals surface area contributed by atoms with Gasteiger partial charge in [-0.25, -0.2) is 4.79 Å². The summed E-state index contributed by atoms with van der Waals surface area (Å²) in [4.78, 5) is 22.3. The van der Waals surface area contributed by atoms with Gasteiger partial charge in [-0.15, -0.1) is 0 Å². The molecule has 1 aromatic rings. The lowest BCUT2D eigenvalue weighted by molar-refractivity contribution is -0.136. The number of thioether (sulfide) groups is 1. The van der Waals surface area contributed by atoms with Crippen LogP contribution in [0.15, 0.2) is 24.3 Å². The number of hydrogen-bond acceptors (Lipinski definition) is 3. The fourth-order valence-corrected chi connectivity index (χ4v) is 2.53. The van der Waals surface area contributed by atoms with Crippen molar-refractivity contribution in [2.24, 2.45) is 5.92 Å². The number of rotatable bonds is 8. The van der Waals surface area contributed by atoms with E-state index in [4.69, 9.17) is 5.11 Å². The summed E-state index contributed by atoms with van der Waals surface area (Å²) in [5.74, 6) is 0.604. The highest BCUT2D eigenvalue weighted by atomic mass is 32.2. The molecule has 116 valence electrons. The van der Waals surface area contributed by atoms with Crippen LogP contribution in [0.1, 0.15) is 18.9 Å². The van der Waals surface area contributed by atoms with E-state index >= 15 is 0 Å². The molecule has 1 atom stereocenters. The monoisotopic (exact) mass is 310 g/mol. The lowest BCUT2D eigenvalue weighted by Crippen LogP contribution is -2.32. The highest BCUT2D eigenvalue weighted by Gasteiger charge is 2.06. The quantitative estimate of drug-likeness (QED) is 0.690. The van der Waals surface area contributed by atoms with Gasteiger partial charge in [0.2, 0.25) is 0 Å². The molecule has 0 aliphatic heterocycles. The van der Waals surface area contributed by atoms with Crippen molar-refractivity contribution >= 4 is 29.4 Å². The first-order valence-corrected chi connectivity index (χ1v) is 8.25. The first-order chi connectivity index (χ1) is 10.0. The van der Waals surface area contributed by atoms with Crippen LogP contribution in [0.2, 0.25) is 0 Å². The van der Waals surface area contributed by atoms with E-state index in [2.05, 4.69) is 17.6 Å². The normalized spacial score (nSPS) is 11.7. The molecule has 0 saturated heterocycles. The number of carboxylic acids is 1. The van der Waals surface area contributed by atoms with Crippen molar-refractivity contribution in [3.8, 4) is 0 Å². The Kier molecular flexibility index (Phi) is 7.68. The maximum atomic E-state index is 11.8. The third-order valence-electron chi connectivity index (χ3n) is 2.87. The molecule has 0 aliphatic rings. The number of nitrogens with one attached hydrogen (secondary N) is 2. The molecule has 0 radical (unpaired) electrons. The van der Waals surface area contributed by atoms with Gasteiger partial charge in [0, 0.05) is 18.7 Å². The Hall–Kier alpha value is -1.69. The van der Waals surface area contributed by atoms with E-state index in [1.807, 2.05) is 18.4 Å². The van der Waals surface area contributed by atoms with Gasteiger partial charge in [0.1, 0.15) is 0 Å². The zero-order chi connectivity index (χ0) is 15.7. The lowest BCUT2D eigenvalue weighted by Gasteiger charge is -2.12. The van der Waals surface area contributed by atoms with Crippen molar-refractivity contribution in [1.82, 2.24) is 5.32 Å². The van der Waals surface area contributed by atoms with Crippen LogP contribution in [0.5, 0.6) is 0 Å². The smallest absolute Gasteiger partial charge is 0.319 e. The molecule has 0 fully saturated rings. The second-order valence-electron chi connectivity index (χ2n) is 4.99. The summed E-state index contributed by atoms with van der Waals surface area (Å²) in [6.45, 7) is 2.72. The molecule has 5 nitrogen and oxygen atoms in total. The molecule has 0 aromatic heterocycles. The van der Waals surface area contributed by atoms with Crippen LogP contribution < -0.4 is 10.6 Å². The standard InChI is InChI=1S/C15H22N2O3S/c1-11(10-21-2)9-16-15(20)17-13-5-3-4-12(8-13)6-7-14(18)19/h3-5,8,11H,6-7,9-10H2,1-2H3,(H,18,19)(H2,16,17,20). The van der Waals surface area contributed by atoms with Gasteiger partial charge in [0.05, 0.1) is 0 Å². The van der Waals surface area contributed by atoms with Gasteiger partial charge in [-0.1, -0.05) is 19.1 Å². The lowest BCUT2D eigenvalue weighted by atomic mass is 10.1. The molecule has 0 heterocycles. The van der Waals surface area contributed by atoms with Crippen LogP contribution in [-0.2, 0) is 11.2 Å². The van der Waals surface area contributed by atoms with Gasteiger partial charge in [-0.2, -0.15) is 11.8 Å². The summed E-state index contributed by atoms with van der Waals surface area (Å²) in [5.41, 5.74) is 1.57. The fourth-order valence-electron chi connectivity index (χ4n) is 1.84. The van der Waals surface area contributed by atoms with Crippen LogP contribution in [0.3, 0.4) is 0 Å². The number of amides is 2. The van der Waals surface area contributed by atoms with Crippen molar-refractivity contribution in [3.63, 3.8) is 0 Å². The third-order valence-corrected chi connectivity index (χ3v) is 3.78. The Morgan fingerprint density at radius 1 is 1.38 bits per heavy atom. The van der Waals surface area contributed by atoms with Crippen molar-refractivity contribution < 1.29 is 14.7 Å². The summed E-state index contributed by atoms with van der Waals surface area (Å²) in [6.07, 6.45) is 2.58. The number of carboxylic acid groups (broad SMARTS) is 1. The Balaban J connectivity index is 2.44. The van der Waals surface area contributed by atoms with Crippen LogP contribution in [0.25, 0.3) is 0 Å². The van der Waals surface area contributed by atoms with E-state index in [0.29, 0.717) is 24.6 Å². The molecule has 2 amide bonds. The van der Waals surface area contributed by atoms with Gasteiger partial charge in [0.15, 0.2) is 0 Å². The van der Waals surface area contributed by atoms with Gasteiger partial charge < -0.3 is 15.7 Å². The maximum Gasteiger partial charge on any atom is 0.319 e. The molecule has 0 saturated carbocycles. The predicted octanol–water partition coefficient (Wildman–Crippen LogP) is 2.82. The molecule has 1 aromatic carbocycles. The number of benzene rings is 1. The van der Waals surface area contributed by atoms with E-state index in [1.165, 1.54) is 0 Å². The summed E-state index contributed by atoms with van der Waals surface area (Å²) < 4.78 is 0. The van der Waals surface area contributed by atoms with Crippen molar-refractivity contribution in [3.05, 3.63) is 29.8 Å².